The molecule has 1 atom stereocenters. The first kappa shape index (κ1) is 14.1. The Morgan fingerprint density at radius 1 is 1.26 bits per heavy atom. The van der Waals surface area contributed by atoms with Crippen molar-refractivity contribution in [3.8, 4) is 0 Å². The second-order valence-corrected chi connectivity index (χ2v) is 5.23. The smallest absolute Gasteiger partial charge is 0.129 e. The van der Waals surface area contributed by atoms with Crippen molar-refractivity contribution < 1.29 is 8.78 Å². The van der Waals surface area contributed by atoms with Gasteiger partial charge in [-0.25, -0.2) is 8.78 Å². The van der Waals surface area contributed by atoms with Gasteiger partial charge in [0.15, 0.2) is 0 Å². The van der Waals surface area contributed by atoms with Crippen LogP contribution in [0.3, 0.4) is 0 Å². The van der Waals surface area contributed by atoms with E-state index in [4.69, 9.17) is 5.84 Å². The first-order valence-corrected chi connectivity index (χ1v) is 7.00. The molecule has 0 saturated heterocycles. The fourth-order valence-corrected chi connectivity index (χ4v) is 3.16. The van der Waals surface area contributed by atoms with Crippen LogP contribution in [-0.4, -0.2) is 0 Å². The minimum atomic E-state index is -0.533. The Morgan fingerprint density at radius 2 is 1.95 bits per heavy atom. The van der Waals surface area contributed by atoms with Crippen LogP contribution in [0.15, 0.2) is 29.6 Å². The lowest BCUT2D eigenvalue weighted by molar-refractivity contribution is 0.502. The summed E-state index contributed by atoms with van der Waals surface area (Å²) in [6.45, 7) is 2.04. The minimum Gasteiger partial charge on any atom is -0.271 e. The summed E-state index contributed by atoms with van der Waals surface area (Å²) in [4.78, 5) is 1.03. The molecule has 2 nitrogen and oxygen atoms in total. The Hall–Kier alpha value is -1.30. The molecule has 2 rings (SSSR count). The van der Waals surface area contributed by atoms with Crippen LogP contribution in [0.5, 0.6) is 0 Å². The number of halogens is 2. The standard InChI is InChI=1S/C14H16F2N2S/c1-2-9-6-7-19-14(9)13(18-17)8-10-11(15)4-3-5-12(10)16/h3-7,13,18H,2,8,17H2,1H3. The highest BCUT2D eigenvalue weighted by Gasteiger charge is 2.19. The molecule has 0 saturated carbocycles. The van der Waals surface area contributed by atoms with Crippen LogP contribution in [0.1, 0.15) is 29.0 Å². The average molecular weight is 282 g/mol. The van der Waals surface area contributed by atoms with Crippen molar-refractivity contribution in [1.82, 2.24) is 5.43 Å². The van der Waals surface area contributed by atoms with E-state index in [2.05, 4.69) is 5.43 Å². The van der Waals surface area contributed by atoms with Gasteiger partial charge in [0.05, 0.1) is 6.04 Å². The van der Waals surface area contributed by atoms with E-state index in [1.807, 2.05) is 18.4 Å². The molecule has 0 aliphatic carbocycles. The van der Waals surface area contributed by atoms with Crippen LogP contribution in [0, 0.1) is 11.6 Å². The SMILES string of the molecule is CCc1ccsc1C(Cc1c(F)cccc1F)NN. The highest BCUT2D eigenvalue weighted by atomic mass is 32.1. The van der Waals surface area contributed by atoms with Crippen LogP contribution >= 0.6 is 11.3 Å². The van der Waals surface area contributed by atoms with Crippen molar-refractivity contribution in [1.29, 1.82) is 0 Å². The van der Waals surface area contributed by atoms with E-state index in [1.54, 1.807) is 11.3 Å². The van der Waals surface area contributed by atoms with E-state index in [-0.39, 0.29) is 18.0 Å². The Labute approximate surface area is 115 Å². The van der Waals surface area contributed by atoms with E-state index in [9.17, 15) is 8.78 Å². The van der Waals surface area contributed by atoms with Crippen molar-refractivity contribution in [2.24, 2.45) is 5.84 Å². The molecule has 0 radical (unpaired) electrons. The summed E-state index contributed by atoms with van der Waals surface area (Å²) in [6, 6.07) is 5.63. The Bertz CT molecular complexity index is 534. The molecule has 1 heterocycles. The van der Waals surface area contributed by atoms with Gasteiger partial charge in [-0.1, -0.05) is 13.0 Å². The summed E-state index contributed by atoms with van der Waals surface area (Å²) >= 11 is 1.55. The third kappa shape index (κ3) is 3.00. The van der Waals surface area contributed by atoms with Crippen molar-refractivity contribution in [2.45, 2.75) is 25.8 Å². The number of hydrogen-bond donors (Lipinski definition) is 2. The highest BCUT2D eigenvalue weighted by molar-refractivity contribution is 7.10. The molecule has 1 unspecified atom stereocenters. The van der Waals surface area contributed by atoms with Crippen molar-refractivity contribution >= 4 is 11.3 Å². The Balaban J connectivity index is 2.29. The van der Waals surface area contributed by atoms with Crippen LogP contribution in [-0.2, 0) is 12.8 Å². The summed E-state index contributed by atoms with van der Waals surface area (Å²) in [5.74, 6) is 4.48. The Morgan fingerprint density at radius 3 is 2.53 bits per heavy atom. The summed E-state index contributed by atoms with van der Waals surface area (Å²) in [6.07, 6.45) is 1.07. The van der Waals surface area contributed by atoms with Crippen molar-refractivity contribution in [3.63, 3.8) is 0 Å². The van der Waals surface area contributed by atoms with Gasteiger partial charge in [0.1, 0.15) is 11.6 Å². The van der Waals surface area contributed by atoms with Crippen molar-refractivity contribution in [2.75, 3.05) is 0 Å². The summed E-state index contributed by atoms with van der Waals surface area (Å²) in [5, 5.41) is 1.97. The van der Waals surface area contributed by atoms with Crippen molar-refractivity contribution in [3.05, 3.63) is 57.3 Å². The molecule has 2 aromatic rings. The summed E-state index contributed by atoms with van der Waals surface area (Å²) < 4.78 is 27.3. The van der Waals surface area contributed by atoms with E-state index in [0.717, 1.165) is 16.9 Å². The number of rotatable bonds is 5. The predicted molar refractivity (Wildman–Crippen MR) is 73.8 cm³/mol. The lowest BCUT2D eigenvalue weighted by Gasteiger charge is -2.17. The van der Waals surface area contributed by atoms with Gasteiger partial charge in [0.25, 0.3) is 0 Å². The summed E-state index contributed by atoms with van der Waals surface area (Å²) in [5.41, 5.74) is 3.89. The topological polar surface area (TPSA) is 38.0 Å². The number of hydrazine groups is 1. The van der Waals surface area contributed by atoms with E-state index < -0.39 is 11.6 Å². The number of benzene rings is 1. The largest absolute Gasteiger partial charge is 0.271 e. The lowest BCUT2D eigenvalue weighted by Crippen LogP contribution is -2.30. The highest BCUT2D eigenvalue weighted by Crippen LogP contribution is 2.28. The van der Waals surface area contributed by atoms with E-state index >= 15 is 0 Å². The second kappa shape index (κ2) is 6.23. The zero-order valence-electron chi connectivity index (χ0n) is 10.6. The number of aryl methyl sites for hydroxylation is 1. The van der Waals surface area contributed by atoms with Gasteiger partial charge in [-0.3, -0.25) is 11.3 Å². The van der Waals surface area contributed by atoms with E-state index in [0.29, 0.717) is 0 Å². The molecule has 19 heavy (non-hydrogen) atoms. The molecule has 0 aliphatic heterocycles. The third-order valence-corrected chi connectivity index (χ3v) is 4.22. The molecule has 1 aromatic carbocycles. The third-order valence-electron chi connectivity index (χ3n) is 3.15. The first-order chi connectivity index (χ1) is 9.17. The number of thiophene rings is 1. The molecule has 3 N–H and O–H groups in total. The molecule has 0 fully saturated rings. The maximum atomic E-state index is 13.7. The van der Waals surface area contributed by atoms with Crippen LogP contribution < -0.4 is 11.3 Å². The number of nitrogens with one attached hydrogen (secondary N) is 1. The fourth-order valence-electron chi connectivity index (χ4n) is 2.10. The average Bonchev–Trinajstić information content (AvgIpc) is 2.87. The van der Waals surface area contributed by atoms with Crippen LogP contribution in [0.2, 0.25) is 0 Å². The number of nitrogens with two attached hydrogens (primary N) is 1. The lowest BCUT2D eigenvalue weighted by atomic mass is 10.0. The monoisotopic (exact) mass is 282 g/mol. The van der Waals surface area contributed by atoms with Gasteiger partial charge >= 0.3 is 0 Å². The van der Waals surface area contributed by atoms with Gasteiger partial charge < -0.3 is 0 Å². The predicted octanol–water partition coefficient (Wildman–Crippen LogP) is 3.34. The van der Waals surface area contributed by atoms with Gasteiger partial charge in [0.2, 0.25) is 0 Å². The zero-order chi connectivity index (χ0) is 13.8. The molecule has 5 heteroatoms. The van der Waals surface area contributed by atoms with Gasteiger partial charge in [0, 0.05) is 10.4 Å². The van der Waals surface area contributed by atoms with Gasteiger partial charge in [-0.2, -0.15) is 0 Å². The van der Waals surface area contributed by atoms with Gasteiger partial charge in [-0.15, -0.1) is 11.3 Å². The molecule has 0 aliphatic rings. The minimum absolute atomic E-state index is 0.0703. The number of hydrogen-bond acceptors (Lipinski definition) is 3. The quantitative estimate of drug-likeness (QED) is 0.652. The maximum Gasteiger partial charge on any atom is 0.129 e. The van der Waals surface area contributed by atoms with Gasteiger partial charge in [-0.05, 0) is 42.0 Å². The maximum absolute atomic E-state index is 13.7. The van der Waals surface area contributed by atoms with E-state index in [1.165, 1.54) is 18.2 Å². The summed E-state index contributed by atoms with van der Waals surface area (Å²) in [7, 11) is 0. The fraction of sp³-hybridized carbons (Fsp3) is 0.286. The first-order valence-electron chi connectivity index (χ1n) is 6.12. The molecule has 102 valence electrons. The molecule has 0 bridgehead atoms. The molecular weight excluding hydrogens is 266 g/mol. The Kier molecular flexibility index (Phi) is 4.63. The zero-order valence-corrected chi connectivity index (χ0v) is 11.4. The molecule has 1 aromatic heterocycles. The van der Waals surface area contributed by atoms with Crippen LogP contribution in [0.4, 0.5) is 8.78 Å². The molecule has 0 spiro atoms. The normalized spacial score (nSPS) is 12.6. The molecule has 0 amide bonds. The molecular formula is C14H16F2N2S. The second-order valence-electron chi connectivity index (χ2n) is 4.29. The van der Waals surface area contributed by atoms with Crippen LogP contribution in [0.25, 0.3) is 0 Å².